The van der Waals surface area contributed by atoms with E-state index < -0.39 is 22.8 Å². The summed E-state index contributed by atoms with van der Waals surface area (Å²) >= 11 is 0. The number of hydrogen-bond donors (Lipinski definition) is 1. The van der Waals surface area contributed by atoms with Crippen molar-refractivity contribution in [2.24, 2.45) is 0 Å². The Hall–Kier alpha value is -2.44. The van der Waals surface area contributed by atoms with Crippen molar-refractivity contribution < 1.29 is 19.6 Å². The predicted octanol–water partition coefficient (Wildman–Crippen LogP) is 2.07. The van der Waals surface area contributed by atoms with Crippen molar-refractivity contribution >= 4 is 17.6 Å². The number of rotatable bonds is 4. The fraction of sp³-hybridized carbons (Fsp3) is 0.429. The number of aryl methyl sites for hydroxylation is 2. The molecule has 1 atom stereocenters. The van der Waals surface area contributed by atoms with Crippen LogP contribution in [0.1, 0.15) is 34.0 Å². The van der Waals surface area contributed by atoms with E-state index in [0.29, 0.717) is 11.1 Å². The predicted molar refractivity (Wildman–Crippen MR) is 76.5 cm³/mol. The summed E-state index contributed by atoms with van der Waals surface area (Å²) in [6.45, 7) is 6.17. The van der Waals surface area contributed by atoms with Crippen LogP contribution < -0.4 is 0 Å². The SMILES string of the molecule is Cc1cc(C)c([N+](=O)[O-])c(C)c1C(=O)N(C)C(C)C(=O)O. The third-order valence-corrected chi connectivity index (χ3v) is 3.59. The van der Waals surface area contributed by atoms with Crippen LogP contribution in [-0.2, 0) is 4.79 Å². The molecule has 1 aromatic carbocycles. The van der Waals surface area contributed by atoms with Gasteiger partial charge in [0.25, 0.3) is 11.6 Å². The Morgan fingerprint density at radius 2 is 1.81 bits per heavy atom. The van der Waals surface area contributed by atoms with Crippen LogP contribution in [0, 0.1) is 30.9 Å². The van der Waals surface area contributed by atoms with Gasteiger partial charge in [0, 0.05) is 18.2 Å². The van der Waals surface area contributed by atoms with E-state index in [1.807, 2.05) is 0 Å². The molecule has 0 saturated heterocycles. The Balaban J connectivity index is 3.44. The topological polar surface area (TPSA) is 101 Å². The number of likely N-dealkylation sites (N-methyl/N-ethyl adjacent to an activating group) is 1. The van der Waals surface area contributed by atoms with Gasteiger partial charge in [-0.3, -0.25) is 14.9 Å². The molecule has 1 N–H and O–H groups in total. The van der Waals surface area contributed by atoms with Crippen molar-refractivity contribution in [1.82, 2.24) is 4.90 Å². The minimum Gasteiger partial charge on any atom is -0.480 e. The van der Waals surface area contributed by atoms with Gasteiger partial charge in [-0.25, -0.2) is 4.79 Å². The quantitative estimate of drug-likeness (QED) is 0.676. The normalized spacial score (nSPS) is 11.9. The maximum atomic E-state index is 12.5. The lowest BCUT2D eigenvalue weighted by molar-refractivity contribution is -0.386. The molecule has 1 rings (SSSR count). The average Bonchev–Trinajstić information content (AvgIpc) is 2.35. The molecule has 0 heterocycles. The molecule has 7 nitrogen and oxygen atoms in total. The third kappa shape index (κ3) is 3.01. The van der Waals surface area contributed by atoms with Gasteiger partial charge in [-0.05, 0) is 39.3 Å². The summed E-state index contributed by atoms with van der Waals surface area (Å²) in [4.78, 5) is 35.1. The number of amides is 1. The highest BCUT2D eigenvalue weighted by Crippen LogP contribution is 2.29. The second-order valence-corrected chi connectivity index (χ2v) is 5.05. The summed E-state index contributed by atoms with van der Waals surface area (Å²) in [5, 5.41) is 20.1. The zero-order valence-electron chi connectivity index (χ0n) is 12.6. The Kier molecular flexibility index (Phi) is 4.67. The van der Waals surface area contributed by atoms with Gasteiger partial charge in [-0.2, -0.15) is 0 Å². The van der Waals surface area contributed by atoms with E-state index in [1.54, 1.807) is 19.9 Å². The fourth-order valence-electron chi connectivity index (χ4n) is 2.30. The first-order valence-electron chi connectivity index (χ1n) is 6.34. The van der Waals surface area contributed by atoms with E-state index in [1.165, 1.54) is 20.9 Å². The van der Waals surface area contributed by atoms with Crippen LogP contribution >= 0.6 is 0 Å². The molecule has 0 fully saturated rings. The number of carboxylic acid groups (broad SMARTS) is 1. The van der Waals surface area contributed by atoms with Crippen LogP contribution in [0.3, 0.4) is 0 Å². The number of aliphatic carboxylic acids is 1. The number of benzene rings is 1. The number of nitro groups is 1. The van der Waals surface area contributed by atoms with E-state index in [4.69, 9.17) is 5.11 Å². The monoisotopic (exact) mass is 294 g/mol. The Morgan fingerprint density at radius 3 is 2.24 bits per heavy atom. The lowest BCUT2D eigenvalue weighted by atomic mass is 9.96. The molecule has 0 aliphatic carbocycles. The van der Waals surface area contributed by atoms with Crippen LogP contribution in [0.5, 0.6) is 0 Å². The zero-order valence-corrected chi connectivity index (χ0v) is 12.6. The summed E-state index contributed by atoms with van der Waals surface area (Å²) in [7, 11) is 1.37. The summed E-state index contributed by atoms with van der Waals surface area (Å²) in [5.74, 6) is -1.68. The van der Waals surface area contributed by atoms with E-state index in [0.717, 1.165) is 4.90 Å². The molecule has 0 aliphatic rings. The Morgan fingerprint density at radius 1 is 1.29 bits per heavy atom. The van der Waals surface area contributed by atoms with E-state index >= 15 is 0 Å². The lowest BCUT2D eigenvalue weighted by Crippen LogP contribution is -2.40. The molecule has 0 spiro atoms. The largest absolute Gasteiger partial charge is 0.480 e. The smallest absolute Gasteiger partial charge is 0.326 e. The van der Waals surface area contributed by atoms with E-state index in [-0.39, 0.29) is 16.8 Å². The molecule has 0 saturated carbocycles. The molecule has 1 amide bonds. The number of hydrogen-bond acceptors (Lipinski definition) is 4. The third-order valence-electron chi connectivity index (χ3n) is 3.59. The molecule has 7 heteroatoms. The van der Waals surface area contributed by atoms with Crippen molar-refractivity contribution in [2.45, 2.75) is 33.7 Å². The molecule has 0 aliphatic heterocycles. The van der Waals surface area contributed by atoms with Crippen LogP contribution in [0.4, 0.5) is 5.69 Å². The first kappa shape index (κ1) is 16.6. The Bertz CT molecular complexity index is 624. The molecular formula is C14H18N2O5. The van der Waals surface area contributed by atoms with Gasteiger partial charge in [0.1, 0.15) is 6.04 Å². The highest BCUT2D eigenvalue weighted by Gasteiger charge is 2.29. The first-order chi connectivity index (χ1) is 9.59. The number of carbonyl (C=O) groups excluding carboxylic acids is 1. The van der Waals surface area contributed by atoms with Crippen molar-refractivity contribution in [3.05, 3.63) is 38.4 Å². The van der Waals surface area contributed by atoms with Crippen LogP contribution in [-0.4, -0.2) is 39.9 Å². The number of carbonyl (C=O) groups is 2. The molecule has 1 unspecified atom stereocenters. The standard InChI is InChI=1S/C14H18N2O5/c1-7-6-8(2)12(16(20)21)9(3)11(7)13(17)15(5)10(4)14(18)19/h6,10H,1-5H3,(H,18,19). The number of nitrogens with zero attached hydrogens (tertiary/aromatic N) is 2. The first-order valence-corrected chi connectivity index (χ1v) is 6.34. The van der Waals surface area contributed by atoms with Gasteiger partial charge in [0.2, 0.25) is 0 Å². The number of nitro benzene ring substituents is 1. The molecule has 0 bridgehead atoms. The summed E-state index contributed by atoms with van der Waals surface area (Å²) in [5.41, 5.74) is 1.39. The van der Waals surface area contributed by atoms with Gasteiger partial charge < -0.3 is 10.0 Å². The van der Waals surface area contributed by atoms with Gasteiger partial charge in [0.15, 0.2) is 0 Å². The van der Waals surface area contributed by atoms with Crippen molar-refractivity contribution in [3.63, 3.8) is 0 Å². The van der Waals surface area contributed by atoms with Gasteiger partial charge in [0.05, 0.1) is 10.5 Å². The Labute approximate surface area is 122 Å². The average molecular weight is 294 g/mol. The molecule has 114 valence electrons. The highest BCUT2D eigenvalue weighted by atomic mass is 16.6. The van der Waals surface area contributed by atoms with Crippen molar-refractivity contribution in [3.8, 4) is 0 Å². The highest BCUT2D eigenvalue weighted by molar-refractivity contribution is 6.00. The van der Waals surface area contributed by atoms with Crippen LogP contribution in [0.15, 0.2) is 6.07 Å². The van der Waals surface area contributed by atoms with Crippen LogP contribution in [0.25, 0.3) is 0 Å². The molecular weight excluding hydrogens is 276 g/mol. The minimum absolute atomic E-state index is 0.111. The fourth-order valence-corrected chi connectivity index (χ4v) is 2.30. The number of carboxylic acids is 1. The second-order valence-electron chi connectivity index (χ2n) is 5.05. The van der Waals surface area contributed by atoms with Crippen LogP contribution in [0.2, 0.25) is 0 Å². The second kappa shape index (κ2) is 5.90. The maximum Gasteiger partial charge on any atom is 0.326 e. The molecule has 1 aromatic rings. The molecule has 0 aromatic heterocycles. The van der Waals surface area contributed by atoms with Gasteiger partial charge in [-0.15, -0.1) is 0 Å². The van der Waals surface area contributed by atoms with E-state index in [2.05, 4.69) is 0 Å². The maximum absolute atomic E-state index is 12.5. The minimum atomic E-state index is -1.14. The van der Waals surface area contributed by atoms with E-state index in [9.17, 15) is 19.7 Å². The summed E-state index contributed by atoms with van der Waals surface area (Å²) < 4.78 is 0. The van der Waals surface area contributed by atoms with Gasteiger partial charge >= 0.3 is 5.97 Å². The summed E-state index contributed by atoms with van der Waals surface area (Å²) in [6, 6.07) is 0.550. The summed E-state index contributed by atoms with van der Waals surface area (Å²) in [6.07, 6.45) is 0. The lowest BCUT2D eigenvalue weighted by Gasteiger charge is -2.23. The molecule has 0 radical (unpaired) electrons. The van der Waals surface area contributed by atoms with Crippen molar-refractivity contribution in [2.75, 3.05) is 7.05 Å². The molecule has 21 heavy (non-hydrogen) atoms. The zero-order chi connectivity index (χ0) is 16.5. The van der Waals surface area contributed by atoms with Crippen molar-refractivity contribution in [1.29, 1.82) is 0 Å². The van der Waals surface area contributed by atoms with Gasteiger partial charge in [-0.1, -0.05) is 0 Å².